The number of benzene rings is 3. The number of halogens is 3. The van der Waals surface area contributed by atoms with Gasteiger partial charge in [-0.2, -0.15) is 0 Å². The molecule has 1 nitrogen and oxygen atoms in total. The zero-order chi connectivity index (χ0) is 21.3. The van der Waals surface area contributed by atoms with Crippen LogP contribution in [-0.2, 0) is 6.42 Å². The Hall–Kier alpha value is -3.45. The van der Waals surface area contributed by atoms with Crippen molar-refractivity contribution < 1.29 is 13.2 Å². The fraction of sp³-hybridized carbons (Fsp3) is 0.154. The van der Waals surface area contributed by atoms with Crippen LogP contribution in [0.2, 0.25) is 0 Å². The lowest BCUT2D eigenvalue weighted by atomic mass is 10.0. The summed E-state index contributed by atoms with van der Waals surface area (Å²) in [6, 6.07) is 12.9. The zero-order valence-electron chi connectivity index (χ0n) is 16.5. The topological polar surface area (TPSA) is 26.0 Å². The van der Waals surface area contributed by atoms with Crippen molar-refractivity contribution in [3.63, 3.8) is 0 Å². The molecule has 3 aromatic rings. The number of nitrogen functional groups attached to an aromatic ring is 1. The number of allylic oxidation sites excluding steroid dienone is 1. The van der Waals surface area contributed by atoms with Crippen molar-refractivity contribution in [2.45, 2.75) is 26.2 Å². The highest BCUT2D eigenvalue weighted by Gasteiger charge is 2.18. The van der Waals surface area contributed by atoms with Crippen molar-refractivity contribution in [3.05, 3.63) is 93.8 Å². The molecule has 0 aromatic heterocycles. The molecule has 0 atom stereocenters. The van der Waals surface area contributed by atoms with Crippen molar-refractivity contribution in [3.8, 4) is 23.0 Å². The molecule has 3 aromatic carbocycles. The summed E-state index contributed by atoms with van der Waals surface area (Å²) in [7, 11) is 0. The Balaban J connectivity index is 1.56. The van der Waals surface area contributed by atoms with Gasteiger partial charge in [0.15, 0.2) is 0 Å². The van der Waals surface area contributed by atoms with Gasteiger partial charge >= 0.3 is 0 Å². The third kappa shape index (κ3) is 3.84. The van der Waals surface area contributed by atoms with Gasteiger partial charge in [0.1, 0.15) is 23.1 Å². The molecule has 4 rings (SSSR count). The molecule has 0 saturated heterocycles. The molecule has 0 radical (unpaired) electrons. The third-order valence-electron chi connectivity index (χ3n) is 5.25. The van der Waals surface area contributed by atoms with Crippen LogP contribution in [0.5, 0.6) is 0 Å². The van der Waals surface area contributed by atoms with E-state index in [1.54, 1.807) is 30.3 Å². The molecule has 0 fully saturated rings. The van der Waals surface area contributed by atoms with E-state index in [2.05, 4.69) is 24.8 Å². The maximum Gasteiger partial charge on any atom is 0.149 e. The summed E-state index contributed by atoms with van der Waals surface area (Å²) in [6.45, 7) is 2.11. The minimum absolute atomic E-state index is 0.258. The van der Waals surface area contributed by atoms with Gasteiger partial charge < -0.3 is 5.73 Å². The molecule has 2 N–H and O–H groups in total. The first-order valence-corrected chi connectivity index (χ1v) is 9.84. The highest BCUT2D eigenvalue weighted by atomic mass is 19.1. The lowest BCUT2D eigenvalue weighted by Gasteiger charge is -2.05. The van der Waals surface area contributed by atoms with E-state index >= 15 is 0 Å². The standard InChI is InChI=1S/C26H20F3N/c1-2-3-17-12-20-11-10-19(25(29)22(20)13-17)9-6-16-4-7-18(8-5-16)21-14-23(27)26(30)24(28)15-21/h4-5,7-8,10-12,14-15H,2-3,13,30H2,1H3. The van der Waals surface area contributed by atoms with Crippen LogP contribution in [0.15, 0.2) is 54.1 Å². The average Bonchev–Trinajstić information content (AvgIpc) is 3.15. The largest absolute Gasteiger partial charge is 0.394 e. The van der Waals surface area contributed by atoms with Gasteiger partial charge in [-0.1, -0.05) is 55.0 Å². The van der Waals surface area contributed by atoms with E-state index < -0.39 is 17.3 Å². The van der Waals surface area contributed by atoms with Gasteiger partial charge in [-0.25, -0.2) is 13.2 Å². The van der Waals surface area contributed by atoms with Crippen molar-refractivity contribution >= 4 is 11.8 Å². The van der Waals surface area contributed by atoms with Crippen LogP contribution in [0.25, 0.3) is 17.2 Å². The average molecular weight is 403 g/mol. The Morgan fingerprint density at radius 2 is 1.60 bits per heavy atom. The van der Waals surface area contributed by atoms with E-state index in [0.29, 0.717) is 34.2 Å². The minimum Gasteiger partial charge on any atom is -0.394 e. The Kier molecular flexibility index (Phi) is 5.37. The first kappa shape index (κ1) is 19.8. The third-order valence-corrected chi connectivity index (χ3v) is 5.25. The Morgan fingerprint density at radius 1 is 0.900 bits per heavy atom. The van der Waals surface area contributed by atoms with Crippen LogP contribution in [0.3, 0.4) is 0 Å². The molecule has 0 saturated carbocycles. The minimum atomic E-state index is -0.794. The summed E-state index contributed by atoms with van der Waals surface area (Å²) in [5.74, 6) is 4.03. The van der Waals surface area contributed by atoms with Crippen molar-refractivity contribution in [2.24, 2.45) is 0 Å². The van der Waals surface area contributed by atoms with E-state index in [0.717, 1.165) is 18.4 Å². The van der Waals surface area contributed by atoms with Crippen LogP contribution in [0.4, 0.5) is 18.9 Å². The molecule has 150 valence electrons. The van der Waals surface area contributed by atoms with E-state index in [-0.39, 0.29) is 5.82 Å². The Morgan fingerprint density at radius 3 is 2.27 bits per heavy atom. The van der Waals surface area contributed by atoms with Crippen molar-refractivity contribution in [2.75, 3.05) is 5.73 Å². The number of hydrogen-bond donors (Lipinski definition) is 1. The quantitative estimate of drug-likeness (QED) is 0.392. The molecule has 0 heterocycles. The number of rotatable bonds is 3. The smallest absolute Gasteiger partial charge is 0.149 e. The molecule has 0 spiro atoms. The molecule has 0 aliphatic heterocycles. The monoisotopic (exact) mass is 403 g/mol. The first-order chi connectivity index (χ1) is 14.5. The van der Waals surface area contributed by atoms with Crippen LogP contribution < -0.4 is 5.73 Å². The number of anilines is 1. The molecule has 4 heteroatoms. The SMILES string of the molecule is CCCC1=Cc2ccc(C#Cc3ccc(-c4cc(F)c(N)c(F)c4)cc3)c(F)c2C1. The zero-order valence-corrected chi connectivity index (χ0v) is 16.5. The van der Waals surface area contributed by atoms with Gasteiger partial charge in [-0.15, -0.1) is 0 Å². The lowest BCUT2D eigenvalue weighted by molar-refractivity contribution is 0.592. The predicted octanol–water partition coefficient (Wildman–Crippen LogP) is 6.49. The highest BCUT2D eigenvalue weighted by Crippen LogP contribution is 2.31. The first-order valence-electron chi connectivity index (χ1n) is 9.84. The van der Waals surface area contributed by atoms with Gasteiger partial charge in [0.25, 0.3) is 0 Å². The normalized spacial score (nSPS) is 12.2. The number of fused-ring (bicyclic) bond motifs is 1. The molecule has 0 bridgehead atoms. The van der Waals surface area contributed by atoms with Crippen molar-refractivity contribution in [1.29, 1.82) is 0 Å². The fourth-order valence-electron chi connectivity index (χ4n) is 3.66. The van der Waals surface area contributed by atoms with Gasteiger partial charge in [0.05, 0.1) is 5.56 Å². The van der Waals surface area contributed by atoms with Crippen molar-refractivity contribution in [1.82, 2.24) is 0 Å². The second-order valence-corrected chi connectivity index (χ2v) is 7.41. The molecule has 0 unspecified atom stereocenters. The highest BCUT2D eigenvalue weighted by molar-refractivity contribution is 5.68. The number of nitrogens with two attached hydrogens (primary N) is 1. The summed E-state index contributed by atoms with van der Waals surface area (Å²) in [5, 5.41) is 0. The summed E-state index contributed by atoms with van der Waals surface area (Å²) in [4.78, 5) is 0. The molecule has 1 aliphatic rings. The van der Waals surface area contributed by atoms with Gasteiger partial charge in [0.2, 0.25) is 0 Å². The van der Waals surface area contributed by atoms with E-state index in [4.69, 9.17) is 5.73 Å². The van der Waals surface area contributed by atoms with Gasteiger partial charge in [0, 0.05) is 11.1 Å². The number of hydrogen-bond acceptors (Lipinski definition) is 1. The second kappa shape index (κ2) is 8.12. The van der Waals surface area contributed by atoms with E-state index in [9.17, 15) is 13.2 Å². The van der Waals surface area contributed by atoms with E-state index in [1.165, 1.54) is 17.7 Å². The Bertz CT molecular complexity index is 1190. The summed E-state index contributed by atoms with van der Waals surface area (Å²) in [5.41, 5.74) is 9.80. The van der Waals surface area contributed by atoms with Crippen LogP contribution >= 0.6 is 0 Å². The second-order valence-electron chi connectivity index (χ2n) is 7.41. The predicted molar refractivity (Wildman–Crippen MR) is 115 cm³/mol. The summed E-state index contributed by atoms with van der Waals surface area (Å²) in [6.07, 6.45) is 4.73. The molecule has 0 amide bonds. The maximum absolute atomic E-state index is 14.9. The summed E-state index contributed by atoms with van der Waals surface area (Å²) < 4.78 is 42.2. The van der Waals surface area contributed by atoms with Crippen LogP contribution in [-0.4, -0.2) is 0 Å². The molecular formula is C26H20F3N. The molecule has 1 aliphatic carbocycles. The van der Waals surface area contributed by atoms with Crippen LogP contribution in [0, 0.1) is 29.3 Å². The van der Waals surface area contributed by atoms with Gasteiger partial charge in [-0.05, 0) is 59.9 Å². The fourth-order valence-corrected chi connectivity index (χ4v) is 3.66. The molecular weight excluding hydrogens is 383 g/mol. The maximum atomic E-state index is 14.9. The van der Waals surface area contributed by atoms with E-state index in [1.807, 2.05) is 6.07 Å². The summed E-state index contributed by atoms with van der Waals surface area (Å²) >= 11 is 0. The van der Waals surface area contributed by atoms with Crippen LogP contribution in [0.1, 0.15) is 42.0 Å². The lowest BCUT2D eigenvalue weighted by Crippen LogP contribution is -1.96. The van der Waals surface area contributed by atoms with Gasteiger partial charge in [-0.3, -0.25) is 0 Å². The Labute approximate surface area is 174 Å². The molecule has 30 heavy (non-hydrogen) atoms.